The highest BCUT2D eigenvalue weighted by Gasteiger charge is 2.05. The molecule has 1 amide bonds. The second-order valence-electron chi connectivity index (χ2n) is 2.44. The van der Waals surface area contributed by atoms with E-state index in [1.54, 1.807) is 12.1 Å². The Morgan fingerprint density at radius 1 is 1.50 bits per heavy atom. The molecule has 0 aliphatic rings. The van der Waals surface area contributed by atoms with Crippen LogP contribution in [0.15, 0.2) is 18.2 Å². The summed E-state index contributed by atoms with van der Waals surface area (Å²) in [6.07, 6.45) is 0. The minimum absolute atomic E-state index is 0.363. The van der Waals surface area contributed by atoms with E-state index in [1.807, 2.05) is 6.07 Å². The summed E-state index contributed by atoms with van der Waals surface area (Å²) in [5.41, 5.74) is 12.3. The molecule has 4 heteroatoms. The molecule has 0 atom stereocenters. The van der Waals surface area contributed by atoms with Crippen LogP contribution in [0.2, 0.25) is 0 Å². The quantitative estimate of drug-likeness (QED) is 0.467. The van der Waals surface area contributed by atoms with Gasteiger partial charge in [0.2, 0.25) is 0 Å². The molecule has 0 heterocycles. The number of carbonyl (C=O) groups is 1. The van der Waals surface area contributed by atoms with Crippen molar-refractivity contribution in [2.24, 2.45) is 5.73 Å². The highest BCUT2D eigenvalue weighted by atomic mass is 32.1. The molecule has 0 fully saturated rings. The third kappa shape index (κ3) is 1.71. The molecule has 1 aromatic rings. The fraction of sp³-hybridized carbons (Fsp3) is 0.125. The Kier molecular flexibility index (Phi) is 2.60. The largest absolute Gasteiger partial charge is 0.398 e. The molecule has 0 saturated heterocycles. The number of anilines is 1. The Labute approximate surface area is 76.2 Å². The molecule has 1 aromatic carbocycles. The molecule has 0 unspecified atom stereocenters. The Balaban J connectivity index is 3.17. The summed E-state index contributed by atoms with van der Waals surface area (Å²) in [5.74, 6) is 0.0664. The van der Waals surface area contributed by atoms with Gasteiger partial charge in [-0.1, -0.05) is 6.07 Å². The molecule has 4 N–H and O–H groups in total. The summed E-state index contributed by atoms with van der Waals surface area (Å²) in [6, 6.07) is 5.13. The van der Waals surface area contributed by atoms with Gasteiger partial charge in [-0.25, -0.2) is 0 Å². The lowest BCUT2D eigenvalue weighted by Crippen LogP contribution is -2.13. The number of primary amides is 1. The maximum atomic E-state index is 10.8. The van der Waals surface area contributed by atoms with Crippen molar-refractivity contribution in [3.05, 3.63) is 29.3 Å². The van der Waals surface area contributed by atoms with E-state index in [-0.39, 0.29) is 0 Å². The number of hydrogen-bond donors (Lipinski definition) is 3. The van der Waals surface area contributed by atoms with Crippen LogP contribution in [-0.4, -0.2) is 5.91 Å². The second kappa shape index (κ2) is 3.49. The van der Waals surface area contributed by atoms with Crippen molar-refractivity contribution in [2.45, 2.75) is 5.75 Å². The van der Waals surface area contributed by atoms with E-state index in [0.29, 0.717) is 17.0 Å². The van der Waals surface area contributed by atoms with Gasteiger partial charge in [0, 0.05) is 11.4 Å². The highest BCUT2D eigenvalue weighted by molar-refractivity contribution is 7.79. The van der Waals surface area contributed by atoms with Crippen LogP contribution in [-0.2, 0) is 5.75 Å². The fourth-order valence-corrected chi connectivity index (χ4v) is 1.11. The Morgan fingerprint density at radius 3 is 2.67 bits per heavy atom. The summed E-state index contributed by atoms with van der Waals surface area (Å²) in [5, 5.41) is 0. The number of benzene rings is 1. The lowest BCUT2D eigenvalue weighted by molar-refractivity contribution is 0.100. The van der Waals surface area contributed by atoms with E-state index >= 15 is 0 Å². The first-order chi connectivity index (χ1) is 5.65. The number of thiol groups is 1. The molecule has 0 radical (unpaired) electrons. The zero-order valence-corrected chi connectivity index (χ0v) is 7.34. The lowest BCUT2D eigenvalue weighted by Gasteiger charge is -2.02. The molecule has 0 saturated carbocycles. The number of carbonyl (C=O) groups excluding carboxylic acids is 1. The van der Waals surface area contributed by atoms with Gasteiger partial charge in [0.1, 0.15) is 0 Å². The average Bonchev–Trinajstić information content (AvgIpc) is 2.05. The molecule has 3 nitrogen and oxygen atoms in total. The van der Waals surface area contributed by atoms with Crippen LogP contribution in [0.1, 0.15) is 15.9 Å². The fourth-order valence-electron chi connectivity index (χ4n) is 0.915. The first-order valence-electron chi connectivity index (χ1n) is 3.44. The SMILES string of the molecule is NC(=O)c1cc(CS)ccc1N. The van der Waals surface area contributed by atoms with E-state index < -0.39 is 5.91 Å². The van der Waals surface area contributed by atoms with E-state index in [1.165, 1.54) is 0 Å². The van der Waals surface area contributed by atoms with Crippen molar-refractivity contribution >= 4 is 24.2 Å². The molecule has 12 heavy (non-hydrogen) atoms. The van der Waals surface area contributed by atoms with Crippen molar-refractivity contribution in [3.8, 4) is 0 Å². The van der Waals surface area contributed by atoms with Gasteiger partial charge < -0.3 is 11.5 Å². The third-order valence-electron chi connectivity index (χ3n) is 1.57. The average molecular weight is 182 g/mol. The van der Waals surface area contributed by atoms with Crippen LogP contribution in [0.25, 0.3) is 0 Å². The van der Waals surface area contributed by atoms with Crippen molar-refractivity contribution in [1.29, 1.82) is 0 Å². The summed E-state index contributed by atoms with van der Waals surface area (Å²) >= 11 is 4.07. The molecule has 0 aliphatic carbocycles. The predicted octanol–water partition coefficient (Wildman–Crippen LogP) is 0.798. The molecule has 64 valence electrons. The monoisotopic (exact) mass is 182 g/mol. The Morgan fingerprint density at radius 2 is 2.17 bits per heavy atom. The molecule has 0 bridgehead atoms. The van der Waals surface area contributed by atoms with Crippen LogP contribution in [0.4, 0.5) is 5.69 Å². The van der Waals surface area contributed by atoms with Gasteiger partial charge in [0.05, 0.1) is 5.56 Å². The van der Waals surface area contributed by atoms with Gasteiger partial charge >= 0.3 is 0 Å². The zero-order chi connectivity index (χ0) is 9.14. The van der Waals surface area contributed by atoms with Gasteiger partial charge in [-0.05, 0) is 17.7 Å². The molecular weight excluding hydrogens is 172 g/mol. The predicted molar refractivity (Wildman–Crippen MR) is 52.1 cm³/mol. The van der Waals surface area contributed by atoms with E-state index in [4.69, 9.17) is 11.5 Å². The number of nitrogens with two attached hydrogens (primary N) is 2. The molecule has 0 aromatic heterocycles. The lowest BCUT2D eigenvalue weighted by atomic mass is 10.1. The van der Waals surface area contributed by atoms with Gasteiger partial charge in [-0.3, -0.25) is 4.79 Å². The van der Waals surface area contributed by atoms with E-state index in [9.17, 15) is 4.79 Å². The number of rotatable bonds is 2. The summed E-state index contributed by atoms with van der Waals surface area (Å²) in [6.45, 7) is 0. The minimum atomic E-state index is -0.504. The first-order valence-corrected chi connectivity index (χ1v) is 4.07. The summed E-state index contributed by atoms with van der Waals surface area (Å²) < 4.78 is 0. The highest BCUT2D eigenvalue weighted by Crippen LogP contribution is 2.14. The standard InChI is InChI=1S/C8H10N2OS/c9-7-2-1-5(4-12)3-6(7)8(10)11/h1-3,12H,4,9H2,(H2,10,11). The van der Waals surface area contributed by atoms with Crippen molar-refractivity contribution in [1.82, 2.24) is 0 Å². The van der Waals surface area contributed by atoms with Crippen molar-refractivity contribution in [2.75, 3.05) is 5.73 Å². The van der Waals surface area contributed by atoms with Gasteiger partial charge in [0.15, 0.2) is 0 Å². The Bertz CT molecular complexity index is 312. The maximum absolute atomic E-state index is 10.8. The van der Waals surface area contributed by atoms with Crippen LogP contribution in [0.3, 0.4) is 0 Å². The van der Waals surface area contributed by atoms with Gasteiger partial charge in [0.25, 0.3) is 5.91 Å². The van der Waals surface area contributed by atoms with Gasteiger partial charge in [-0.2, -0.15) is 12.6 Å². The van der Waals surface area contributed by atoms with Crippen LogP contribution in [0.5, 0.6) is 0 Å². The smallest absolute Gasteiger partial charge is 0.250 e. The van der Waals surface area contributed by atoms with Crippen LogP contribution in [0, 0.1) is 0 Å². The number of nitrogen functional groups attached to an aromatic ring is 1. The zero-order valence-electron chi connectivity index (χ0n) is 6.45. The number of amides is 1. The minimum Gasteiger partial charge on any atom is -0.398 e. The number of hydrogen-bond acceptors (Lipinski definition) is 3. The van der Waals surface area contributed by atoms with Crippen molar-refractivity contribution in [3.63, 3.8) is 0 Å². The first kappa shape index (κ1) is 8.93. The van der Waals surface area contributed by atoms with Gasteiger partial charge in [-0.15, -0.1) is 0 Å². The molecule has 0 spiro atoms. The summed E-state index contributed by atoms with van der Waals surface area (Å²) in [7, 11) is 0. The molecular formula is C8H10N2OS. The van der Waals surface area contributed by atoms with Crippen LogP contribution >= 0.6 is 12.6 Å². The Hall–Kier alpha value is -1.16. The summed E-state index contributed by atoms with van der Waals surface area (Å²) in [4.78, 5) is 10.8. The van der Waals surface area contributed by atoms with Crippen molar-refractivity contribution < 1.29 is 4.79 Å². The topological polar surface area (TPSA) is 69.1 Å². The van der Waals surface area contributed by atoms with Crippen LogP contribution < -0.4 is 11.5 Å². The van der Waals surface area contributed by atoms with E-state index in [2.05, 4.69) is 12.6 Å². The maximum Gasteiger partial charge on any atom is 0.250 e. The third-order valence-corrected chi connectivity index (χ3v) is 1.93. The second-order valence-corrected chi connectivity index (χ2v) is 2.76. The normalized spacial score (nSPS) is 9.75. The van der Waals surface area contributed by atoms with E-state index in [0.717, 1.165) is 5.56 Å². The molecule has 1 rings (SSSR count). The molecule has 0 aliphatic heterocycles.